The van der Waals surface area contributed by atoms with Crippen molar-refractivity contribution < 1.29 is 17.6 Å². The van der Waals surface area contributed by atoms with Gasteiger partial charge in [-0.3, -0.25) is 0 Å². The summed E-state index contributed by atoms with van der Waals surface area (Å²) in [6, 6.07) is 3.06. The quantitative estimate of drug-likeness (QED) is 0.783. The van der Waals surface area contributed by atoms with E-state index in [1.807, 2.05) is 11.8 Å². The van der Waals surface area contributed by atoms with Crippen molar-refractivity contribution in [1.82, 2.24) is 5.32 Å². The van der Waals surface area contributed by atoms with Crippen molar-refractivity contribution in [2.24, 2.45) is 0 Å². The van der Waals surface area contributed by atoms with E-state index in [2.05, 4.69) is 5.32 Å². The molecule has 6 heteroatoms. The van der Waals surface area contributed by atoms with E-state index < -0.39 is 17.6 Å². The number of nitrogens with one attached hydrogen (secondary N) is 1. The van der Waals surface area contributed by atoms with Crippen molar-refractivity contribution in [3.63, 3.8) is 0 Å². The lowest BCUT2D eigenvalue weighted by Crippen LogP contribution is -2.20. The van der Waals surface area contributed by atoms with Gasteiger partial charge < -0.3 is 5.32 Å². The van der Waals surface area contributed by atoms with Crippen LogP contribution in [-0.4, -0.2) is 18.1 Å². The molecule has 0 spiro atoms. The fourth-order valence-corrected chi connectivity index (χ4v) is 4.10. The lowest BCUT2D eigenvalue weighted by Gasteiger charge is -2.19. The molecule has 1 aromatic carbocycles. The molecule has 1 aliphatic carbocycles. The standard InChI is InChI=1S/C15H19F4NS/c1-20-14(9-21-11-4-2-3-5-11)10-6-7-12(13(16)8-10)15(17,18)19/h6-8,11,14,20H,2-5,9H2,1H3. The van der Waals surface area contributed by atoms with Crippen LogP contribution in [0.3, 0.4) is 0 Å². The van der Waals surface area contributed by atoms with Crippen LogP contribution in [0, 0.1) is 5.82 Å². The monoisotopic (exact) mass is 321 g/mol. The van der Waals surface area contributed by atoms with Crippen LogP contribution in [-0.2, 0) is 6.18 Å². The van der Waals surface area contributed by atoms with Gasteiger partial charge in [-0.2, -0.15) is 24.9 Å². The molecule has 0 aliphatic heterocycles. The molecule has 21 heavy (non-hydrogen) atoms. The van der Waals surface area contributed by atoms with Gasteiger partial charge in [-0.1, -0.05) is 18.9 Å². The van der Waals surface area contributed by atoms with E-state index in [1.54, 1.807) is 7.05 Å². The van der Waals surface area contributed by atoms with E-state index in [0.717, 1.165) is 17.9 Å². The summed E-state index contributed by atoms with van der Waals surface area (Å²) in [4.78, 5) is 0. The molecule has 0 bridgehead atoms. The summed E-state index contributed by atoms with van der Waals surface area (Å²) in [5, 5.41) is 3.68. The first-order chi connectivity index (χ1) is 9.91. The van der Waals surface area contributed by atoms with Crippen LogP contribution in [0.1, 0.15) is 42.9 Å². The molecular weight excluding hydrogens is 302 g/mol. The van der Waals surface area contributed by atoms with Gasteiger partial charge >= 0.3 is 6.18 Å². The Kier molecular flexibility index (Phi) is 5.54. The second kappa shape index (κ2) is 7.01. The molecular formula is C15H19F4NS. The van der Waals surface area contributed by atoms with Crippen molar-refractivity contribution in [3.05, 3.63) is 35.1 Å². The molecule has 0 saturated heterocycles. The Morgan fingerprint density at radius 3 is 2.48 bits per heavy atom. The lowest BCUT2D eigenvalue weighted by atomic mass is 10.1. The van der Waals surface area contributed by atoms with Crippen LogP contribution < -0.4 is 5.32 Å². The van der Waals surface area contributed by atoms with Gasteiger partial charge in [-0.15, -0.1) is 0 Å². The Bertz CT molecular complexity index is 469. The Balaban J connectivity index is 2.05. The van der Waals surface area contributed by atoms with E-state index >= 15 is 0 Å². The Labute approximate surface area is 126 Å². The third kappa shape index (κ3) is 4.36. The summed E-state index contributed by atoms with van der Waals surface area (Å²) in [5.41, 5.74) is -0.641. The first-order valence-corrected chi connectivity index (χ1v) is 8.12. The van der Waals surface area contributed by atoms with E-state index in [-0.39, 0.29) is 6.04 Å². The first-order valence-electron chi connectivity index (χ1n) is 7.07. The minimum absolute atomic E-state index is 0.132. The highest BCUT2D eigenvalue weighted by molar-refractivity contribution is 7.99. The molecule has 0 aromatic heterocycles. The zero-order valence-corrected chi connectivity index (χ0v) is 12.7. The van der Waals surface area contributed by atoms with Gasteiger partial charge in [0.05, 0.1) is 5.56 Å². The zero-order valence-electron chi connectivity index (χ0n) is 11.8. The van der Waals surface area contributed by atoms with Gasteiger partial charge in [-0.25, -0.2) is 4.39 Å². The van der Waals surface area contributed by atoms with Crippen LogP contribution >= 0.6 is 11.8 Å². The topological polar surface area (TPSA) is 12.0 Å². The highest BCUT2D eigenvalue weighted by Crippen LogP contribution is 2.34. The molecule has 1 N–H and O–H groups in total. The fourth-order valence-electron chi connectivity index (χ4n) is 2.61. The molecule has 1 fully saturated rings. The second-order valence-electron chi connectivity index (χ2n) is 5.32. The number of benzene rings is 1. The smallest absolute Gasteiger partial charge is 0.312 e. The summed E-state index contributed by atoms with van der Waals surface area (Å²) in [5.74, 6) is -0.461. The van der Waals surface area contributed by atoms with E-state index in [9.17, 15) is 17.6 Å². The average molecular weight is 321 g/mol. The highest BCUT2D eigenvalue weighted by Gasteiger charge is 2.34. The summed E-state index contributed by atoms with van der Waals surface area (Å²) in [6.45, 7) is 0. The molecule has 0 amide bonds. The van der Waals surface area contributed by atoms with E-state index in [0.29, 0.717) is 10.8 Å². The van der Waals surface area contributed by atoms with Crippen LogP contribution in [0.5, 0.6) is 0 Å². The summed E-state index contributed by atoms with van der Waals surface area (Å²) < 4.78 is 51.3. The molecule has 1 saturated carbocycles. The number of hydrogen-bond acceptors (Lipinski definition) is 2. The first kappa shape index (κ1) is 16.6. The third-order valence-electron chi connectivity index (χ3n) is 3.85. The van der Waals surface area contributed by atoms with Gasteiger partial charge in [0.2, 0.25) is 0 Å². The number of rotatable bonds is 5. The van der Waals surface area contributed by atoms with Gasteiger partial charge in [0.15, 0.2) is 0 Å². The maximum Gasteiger partial charge on any atom is 0.419 e. The van der Waals surface area contributed by atoms with Crippen LogP contribution in [0.15, 0.2) is 18.2 Å². The summed E-state index contributed by atoms with van der Waals surface area (Å²) >= 11 is 1.82. The predicted molar refractivity (Wildman–Crippen MR) is 77.9 cm³/mol. The van der Waals surface area contributed by atoms with Crippen molar-refractivity contribution in [1.29, 1.82) is 0 Å². The highest BCUT2D eigenvalue weighted by atomic mass is 32.2. The van der Waals surface area contributed by atoms with E-state index in [1.165, 1.54) is 31.7 Å². The number of halogens is 4. The van der Waals surface area contributed by atoms with Crippen molar-refractivity contribution in [2.75, 3.05) is 12.8 Å². The van der Waals surface area contributed by atoms with Crippen LogP contribution in [0.2, 0.25) is 0 Å². The van der Waals surface area contributed by atoms with Crippen molar-refractivity contribution >= 4 is 11.8 Å². The Morgan fingerprint density at radius 2 is 1.95 bits per heavy atom. The van der Waals surface area contributed by atoms with Gasteiger partial charge in [0, 0.05) is 17.0 Å². The molecule has 1 aromatic rings. The third-order valence-corrected chi connectivity index (χ3v) is 5.32. The molecule has 0 radical (unpaired) electrons. The minimum atomic E-state index is -4.64. The van der Waals surface area contributed by atoms with Crippen LogP contribution in [0.25, 0.3) is 0 Å². The normalized spacial score (nSPS) is 18.1. The molecule has 1 aliphatic rings. The lowest BCUT2D eigenvalue weighted by molar-refractivity contribution is -0.140. The fraction of sp³-hybridized carbons (Fsp3) is 0.600. The van der Waals surface area contributed by atoms with Gasteiger partial charge in [-0.05, 0) is 37.6 Å². The second-order valence-corrected chi connectivity index (χ2v) is 6.65. The maximum absolute atomic E-state index is 13.6. The SMILES string of the molecule is CNC(CSC1CCCC1)c1ccc(C(F)(F)F)c(F)c1. The molecule has 1 unspecified atom stereocenters. The zero-order chi connectivity index (χ0) is 15.5. The number of thioether (sulfide) groups is 1. The average Bonchev–Trinajstić information content (AvgIpc) is 2.91. The van der Waals surface area contributed by atoms with Crippen LogP contribution in [0.4, 0.5) is 17.6 Å². The number of hydrogen-bond donors (Lipinski definition) is 1. The number of alkyl halides is 3. The summed E-state index contributed by atoms with van der Waals surface area (Å²) in [7, 11) is 1.75. The Morgan fingerprint density at radius 1 is 1.29 bits per heavy atom. The summed E-state index contributed by atoms with van der Waals surface area (Å²) in [6.07, 6.45) is 0.245. The largest absolute Gasteiger partial charge is 0.419 e. The Hall–Kier alpha value is -0.750. The molecule has 118 valence electrons. The molecule has 1 atom stereocenters. The van der Waals surface area contributed by atoms with Crippen molar-refractivity contribution in [2.45, 2.75) is 43.2 Å². The predicted octanol–water partition coefficient (Wildman–Crippen LogP) is 4.78. The minimum Gasteiger partial charge on any atom is -0.312 e. The maximum atomic E-state index is 13.6. The molecule has 2 rings (SSSR count). The molecule has 1 nitrogen and oxygen atoms in total. The van der Waals surface area contributed by atoms with E-state index in [4.69, 9.17) is 0 Å². The van der Waals surface area contributed by atoms with Crippen molar-refractivity contribution in [3.8, 4) is 0 Å². The molecule has 0 heterocycles. The van der Waals surface area contributed by atoms with Gasteiger partial charge in [0.25, 0.3) is 0 Å². The van der Waals surface area contributed by atoms with Gasteiger partial charge in [0.1, 0.15) is 5.82 Å².